The molecule has 0 aliphatic carbocycles. The summed E-state index contributed by atoms with van der Waals surface area (Å²) in [5.74, 6) is 7.61. The van der Waals surface area contributed by atoms with Crippen molar-refractivity contribution in [2.24, 2.45) is 5.84 Å². The topological polar surface area (TPSA) is 78.6 Å². The summed E-state index contributed by atoms with van der Waals surface area (Å²) in [6, 6.07) is 8.85. The van der Waals surface area contributed by atoms with Crippen molar-refractivity contribution in [1.29, 1.82) is 0 Å². The molecule has 2 aromatic rings. The number of nitrogens with zero attached hydrogens (tertiary/aromatic N) is 1. The van der Waals surface area contributed by atoms with Gasteiger partial charge in [0.25, 0.3) is 0 Å². The van der Waals surface area contributed by atoms with E-state index in [4.69, 9.17) is 20.1 Å². The largest absolute Gasteiger partial charge is 0.495 e. The third-order valence-electron chi connectivity index (χ3n) is 3.20. The molecule has 0 spiro atoms. The quantitative estimate of drug-likeness (QED) is 0.622. The fourth-order valence-corrected chi connectivity index (χ4v) is 2.25. The highest BCUT2D eigenvalue weighted by Crippen LogP contribution is 2.38. The van der Waals surface area contributed by atoms with Gasteiger partial charge in [0.15, 0.2) is 11.5 Å². The van der Waals surface area contributed by atoms with E-state index in [0.29, 0.717) is 22.9 Å². The van der Waals surface area contributed by atoms with Crippen LogP contribution in [-0.2, 0) is 0 Å². The van der Waals surface area contributed by atoms with Crippen molar-refractivity contribution in [2.75, 3.05) is 21.3 Å². The molecule has 0 fully saturated rings. The molecule has 6 heteroatoms. The number of hydrogen-bond donors (Lipinski definition) is 2. The third-order valence-corrected chi connectivity index (χ3v) is 3.20. The van der Waals surface area contributed by atoms with Gasteiger partial charge in [-0.15, -0.1) is 0 Å². The minimum absolute atomic E-state index is 0.383. The molecule has 21 heavy (non-hydrogen) atoms. The Kier molecular flexibility index (Phi) is 4.97. The van der Waals surface area contributed by atoms with Gasteiger partial charge in [0, 0.05) is 11.8 Å². The number of benzene rings is 1. The van der Waals surface area contributed by atoms with Crippen LogP contribution in [-0.4, -0.2) is 26.3 Å². The number of rotatable bonds is 6. The van der Waals surface area contributed by atoms with Crippen LogP contribution < -0.4 is 25.5 Å². The van der Waals surface area contributed by atoms with E-state index in [1.165, 1.54) is 0 Å². The SMILES string of the molecule is COc1cccnc1C(NN)c1cccc(OC)c1OC. The number of hydrazine groups is 1. The first-order valence-electron chi connectivity index (χ1n) is 6.42. The van der Waals surface area contributed by atoms with Crippen LogP contribution in [0.2, 0.25) is 0 Å². The molecule has 0 bridgehead atoms. The summed E-state index contributed by atoms with van der Waals surface area (Å²) in [5.41, 5.74) is 4.25. The zero-order valence-corrected chi connectivity index (χ0v) is 12.3. The molecule has 0 aliphatic rings. The minimum atomic E-state index is -0.383. The summed E-state index contributed by atoms with van der Waals surface area (Å²) in [4.78, 5) is 4.36. The molecule has 0 radical (unpaired) electrons. The summed E-state index contributed by atoms with van der Waals surface area (Å²) >= 11 is 0. The van der Waals surface area contributed by atoms with Crippen LogP contribution in [0.25, 0.3) is 0 Å². The third kappa shape index (κ3) is 2.91. The lowest BCUT2D eigenvalue weighted by atomic mass is 10.0. The monoisotopic (exact) mass is 289 g/mol. The summed E-state index contributed by atoms with van der Waals surface area (Å²) in [5, 5.41) is 0. The Hall–Kier alpha value is -2.31. The van der Waals surface area contributed by atoms with E-state index in [2.05, 4.69) is 10.4 Å². The van der Waals surface area contributed by atoms with Crippen LogP contribution in [0, 0.1) is 0 Å². The van der Waals surface area contributed by atoms with E-state index in [-0.39, 0.29) is 6.04 Å². The number of hydrogen-bond acceptors (Lipinski definition) is 6. The van der Waals surface area contributed by atoms with Crippen molar-refractivity contribution in [3.8, 4) is 17.2 Å². The molecule has 6 nitrogen and oxygen atoms in total. The molecule has 112 valence electrons. The second kappa shape index (κ2) is 6.92. The van der Waals surface area contributed by atoms with Gasteiger partial charge >= 0.3 is 0 Å². The molecule has 3 N–H and O–H groups in total. The lowest BCUT2D eigenvalue weighted by Gasteiger charge is -2.21. The van der Waals surface area contributed by atoms with Crippen LogP contribution >= 0.6 is 0 Å². The number of aromatic nitrogens is 1. The summed E-state index contributed by atoms with van der Waals surface area (Å²) in [6.07, 6.45) is 1.69. The summed E-state index contributed by atoms with van der Waals surface area (Å²) in [6.45, 7) is 0. The molecular weight excluding hydrogens is 270 g/mol. The molecule has 1 unspecified atom stereocenters. The first-order valence-corrected chi connectivity index (χ1v) is 6.42. The Bertz CT molecular complexity index is 604. The predicted octanol–water partition coefficient (Wildman–Crippen LogP) is 1.66. The molecule has 1 aromatic heterocycles. The van der Waals surface area contributed by atoms with Crippen molar-refractivity contribution >= 4 is 0 Å². The minimum Gasteiger partial charge on any atom is -0.495 e. The molecule has 0 saturated carbocycles. The van der Waals surface area contributed by atoms with Crippen LogP contribution in [0.15, 0.2) is 36.5 Å². The molecule has 1 aromatic carbocycles. The standard InChI is InChI=1S/C15H19N3O3/c1-19-11-8-5-9-17-14(11)13(18-16)10-6-4-7-12(20-2)15(10)21-3/h4-9,13,18H,16H2,1-3H3. The smallest absolute Gasteiger partial charge is 0.165 e. The van der Waals surface area contributed by atoms with Crippen molar-refractivity contribution in [1.82, 2.24) is 10.4 Å². The molecule has 1 heterocycles. The lowest BCUT2D eigenvalue weighted by molar-refractivity contribution is 0.347. The average Bonchev–Trinajstić information content (AvgIpc) is 2.55. The number of para-hydroxylation sites is 1. The Balaban J connectivity index is 2.56. The molecule has 1 atom stereocenters. The maximum Gasteiger partial charge on any atom is 0.165 e. The highest BCUT2D eigenvalue weighted by atomic mass is 16.5. The number of pyridine rings is 1. The first-order chi connectivity index (χ1) is 10.3. The van der Waals surface area contributed by atoms with E-state index in [1.807, 2.05) is 24.3 Å². The average molecular weight is 289 g/mol. The highest BCUT2D eigenvalue weighted by molar-refractivity contribution is 5.51. The second-order valence-electron chi connectivity index (χ2n) is 4.27. The van der Waals surface area contributed by atoms with Gasteiger partial charge in [-0.1, -0.05) is 12.1 Å². The maximum absolute atomic E-state index is 5.73. The van der Waals surface area contributed by atoms with Crippen molar-refractivity contribution in [3.63, 3.8) is 0 Å². The highest BCUT2D eigenvalue weighted by Gasteiger charge is 2.23. The number of nitrogens with one attached hydrogen (secondary N) is 1. The van der Waals surface area contributed by atoms with E-state index >= 15 is 0 Å². The Labute approximate surface area is 123 Å². The predicted molar refractivity (Wildman–Crippen MR) is 79.5 cm³/mol. The van der Waals surface area contributed by atoms with Crippen LogP contribution in [0.5, 0.6) is 17.2 Å². The molecule has 2 rings (SSSR count). The lowest BCUT2D eigenvalue weighted by Crippen LogP contribution is -2.30. The van der Waals surface area contributed by atoms with E-state index in [0.717, 1.165) is 5.56 Å². The van der Waals surface area contributed by atoms with Gasteiger partial charge in [-0.05, 0) is 18.2 Å². The zero-order valence-electron chi connectivity index (χ0n) is 12.3. The normalized spacial score (nSPS) is 11.8. The van der Waals surface area contributed by atoms with Crippen LogP contribution in [0.4, 0.5) is 0 Å². The van der Waals surface area contributed by atoms with Crippen molar-refractivity contribution in [3.05, 3.63) is 47.8 Å². The second-order valence-corrected chi connectivity index (χ2v) is 4.27. The summed E-state index contributed by atoms with van der Waals surface area (Å²) < 4.78 is 16.1. The zero-order chi connectivity index (χ0) is 15.2. The van der Waals surface area contributed by atoms with Crippen molar-refractivity contribution < 1.29 is 14.2 Å². The Morgan fingerprint density at radius 1 is 1.00 bits per heavy atom. The van der Waals surface area contributed by atoms with E-state index in [9.17, 15) is 0 Å². The fraction of sp³-hybridized carbons (Fsp3) is 0.267. The van der Waals surface area contributed by atoms with Gasteiger partial charge in [0.05, 0.1) is 27.4 Å². The maximum atomic E-state index is 5.73. The number of nitrogens with two attached hydrogens (primary N) is 1. The number of methoxy groups -OCH3 is 3. The first kappa shape index (κ1) is 15.1. The van der Waals surface area contributed by atoms with Crippen molar-refractivity contribution in [2.45, 2.75) is 6.04 Å². The molecule has 0 saturated heterocycles. The van der Waals surface area contributed by atoms with Gasteiger partial charge in [0.2, 0.25) is 0 Å². The van der Waals surface area contributed by atoms with E-state index in [1.54, 1.807) is 33.6 Å². The van der Waals surface area contributed by atoms with Gasteiger partial charge in [-0.25, -0.2) is 5.43 Å². The molecule has 0 aliphatic heterocycles. The fourth-order valence-electron chi connectivity index (χ4n) is 2.25. The summed E-state index contributed by atoms with van der Waals surface area (Å²) in [7, 11) is 4.77. The molecule has 0 amide bonds. The Morgan fingerprint density at radius 3 is 2.33 bits per heavy atom. The van der Waals surface area contributed by atoms with Gasteiger partial charge in [0.1, 0.15) is 11.4 Å². The number of ether oxygens (including phenoxy) is 3. The van der Waals surface area contributed by atoms with Crippen LogP contribution in [0.3, 0.4) is 0 Å². The Morgan fingerprint density at radius 2 is 1.71 bits per heavy atom. The van der Waals surface area contributed by atoms with Gasteiger partial charge < -0.3 is 14.2 Å². The van der Waals surface area contributed by atoms with Gasteiger partial charge in [-0.2, -0.15) is 0 Å². The van der Waals surface area contributed by atoms with Crippen LogP contribution in [0.1, 0.15) is 17.3 Å². The van der Waals surface area contributed by atoms with Gasteiger partial charge in [-0.3, -0.25) is 10.8 Å². The van der Waals surface area contributed by atoms with E-state index < -0.39 is 0 Å². The molecular formula is C15H19N3O3.